The Morgan fingerprint density at radius 3 is 2.86 bits per heavy atom. The van der Waals surface area contributed by atoms with E-state index in [0.717, 1.165) is 6.29 Å². The highest BCUT2D eigenvalue weighted by atomic mass is 16.6. The minimum atomic E-state index is -0.419. The van der Waals surface area contributed by atoms with E-state index < -0.39 is 10.8 Å². The van der Waals surface area contributed by atoms with E-state index in [-0.39, 0.29) is 12.5 Å². The molecule has 0 saturated heterocycles. The molecule has 0 bridgehead atoms. The molecule has 0 spiro atoms. The van der Waals surface area contributed by atoms with E-state index >= 15 is 0 Å². The van der Waals surface area contributed by atoms with Crippen LogP contribution in [0, 0.1) is 16.0 Å². The maximum atomic E-state index is 10.6. The predicted octanol–water partition coefficient (Wildman–Crippen LogP) is 1.47. The Labute approximate surface area is 80.9 Å². The molecule has 0 aliphatic heterocycles. The summed E-state index contributed by atoms with van der Waals surface area (Å²) in [4.78, 5) is 20.5. The van der Waals surface area contributed by atoms with Gasteiger partial charge in [-0.2, -0.15) is 0 Å². The van der Waals surface area contributed by atoms with Crippen LogP contribution < -0.4 is 0 Å². The van der Waals surface area contributed by atoms with Crippen molar-refractivity contribution in [2.24, 2.45) is 5.92 Å². The molecule has 5 nitrogen and oxygen atoms in total. The topological polar surface area (TPSA) is 73.3 Å². The van der Waals surface area contributed by atoms with Crippen LogP contribution in [0.2, 0.25) is 0 Å². The summed E-state index contributed by atoms with van der Waals surface area (Å²) in [6.45, 7) is 1.41. The van der Waals surface area contributed by atoms with Crippen LogP contribution in [0.4, 0.5) is 0 Å². The first-order chi connectivity index (χ1) is 6.65. The first-order valence-electron chi connectivity index (χ1n) is 4.24. The number of aldehydes is 1. The van der Waals surface area contributed by atoms with Gasteiger partial charge in [-0.15, -0.1) is 0 Å². The van der Waals surface area contributed by atoms with Gasteiger partial charge in [-0.3, -0.25) is 10.1 Å². The Morgan fingerprint density at radius 2 is 2.43 bits per heavy atom. The van der Waals surface area contributed by atoms with Crippen LogP contribution in [0.25, 0.3) is 0 Å². The lowest BCUT2D eigenvalue weighted by molar-refractivity contribution is -0.484. The molecular formula is C9H11NO4. The van der Waals surface area contributed by atoms with Crippen molar-refractivity contribution >= 4 is 6.29 Å². The van der Waals surface area contributed by atoms with Crippen molar-refractivity contribution in [2.45, 2.75) is 12.8 Å². The molecule has 0 radical (unpaired) electrons. The van der Waals surface area contributed by atoms with E-state index in [2.05, 4.69) is 0 Å². The summed E-state index contributed by atoms with van der Waals surface area (Å²) in [5.74, 6) is -0.778. The number of nitro groups is 1. The van der Waals surface area contributed by atoms with Gasteiger partial charge in [-0.1, -0.05) is 6.92 Å². The normalized spacial score (nSPS) is 14.6. The van der Waals surface area contributed by atoms with Crippen molar-refractivity contribution in [3.8, 4) is 0 Å². The molecule has 1 rings (SSSR count). The van der Waals surface area contributed by atoms with Crippen LogP contribution in [0.5, 0.6) is 0 Å². The zero-order valence-electron chi connectivity index (χ0n) is 7.75. The van der Waals surface area contributed by atoms with Gasteiger partial charge >= 0.3 is 0 Å². The van der Waals surface area contributed by atoms with Gasteiger partial charge in [0.25, 0.3) is 0 Å². The van der Waals surface area contributed by atoms with Crippen LogP contribution >= 0.6 is 0 Å². The molecule has 76 valence electrons. The maximum absolute atomic E-state index is 10.6. The van der Waals surface area contributed by atoms with E-state index in [0.29, 0.717) is 5.56 Å². The summed E-state index contributed by atoms with van der Waals surface area (Å²) >= 11 is 0. The minimum Gasteiger partial charge on any atom is -0.472 e. The summed E-state index contributed by atoms with van der Waals surface area (Å²) in [5.41, 5.74) is 0.696. The lowest BCUT2D eigenvalue weighted by atomic mass is 9.90. The van der Waals surface area contributed by atoms with Crippen molar-refractivity contribution in [3.63, 3.8) is 0 Å². The lowest BCUT2D eigenvalue weighted by Crippen LogP contribution is -2.19. The Balaban J connectivity index is 2.82. The predicted molar refractivity (Wildman–Crippen MR) is 48.5 cm³/mol. The molecule has 0 unspecified atom stereocenters. The quantitative estimate of drug-likeness (QED) is 0.407. The average molecular weight is 197 g/mol. The molecule has 0 fully saturated rings. The second-order valence-electron chi connectivity index (χ2n) is 3.17. The molecule has 0 aliphatic rings. The van der Waals surface area contributed by atoms with E-state index in [1.54, 1.807) is 13.0 Å². The molecule has 2 atom stereocenters. The smallest absolute Gasteiger partial charge is 0.211 e. The molecule has 1 aromatic rings. The number of furan rings is 1. The van der Waals surface area contributed by atoms with Crippen molar-refractivity contribution in [2.75, 3.05) is 6.54 Å². The summed E-state index contributed by atoms with van der Waals surface area (Å²) < 4.78 is 4.83. The molecule has 0 N–H and O–H groups in total. The summed E-state index contributed by atoms with van der Waals surface area (Å²) in [6.07, 6.45) is 3.61. The van der Waals surface area contributed by atoms with Crippen LogP contribution in [0.1, 0.15) is 18.4 Å². The standard InChI is InChI=1S/C9H11NO4/c1-7(5-11)9(4-10(12)13)8-2-3-14-6-8/h2-3,5-7,9H,4H2,1H3/t7-,9-/m0/s1. The lowest BCUT2D eigenvalue weighted by Gasteiger charge is -2.13. The molecular weight excluding hydrogens is 186 g/mol. The highest BCUT2D eigenvalue weighted by Crippen LogP contribution is 2.23. The van der Waals surface area contributed by atoms with Gasteiger partial charge in [0.2, 0.25) is 6.54 Å². The van der Waals surface area contributed by atoms with Crippen LogP contribution in [-0.4, -0.2) is 17.8 Å². The fraction of sp³-hybridized carbons (Fsp3) is 0.444. The molecule has 1 aromatic heterocycles. The number of hydrogen-bond donors (Lipinski definition) is 0. The largest absolute Gasteiger partial charge is 0.472 e. The molecule has 0 aliphatic carbocycles. The van der Waals surface area contributed by atoms with E-state index in [1.165, 1.54) is 12.5 Å². The third kappa shape index (κ3) is 2.42. The SMILES string of the molecule is C[C@@H](C=O)[C@H](C[N+](=O)[O-])c1ccoc1. The van der Waals surface area contributed by atoms with E-state index in [1.807, 2.05) is 0 Å². The molecule has 0 aromatic carbocycles. The van der Waals surface area contributed by atoms with Crippen LogP contribution in [0.3, 0.4) is 0 Å². The number of hydrogen-bond acceptors (Lipinski definition) is 4. The highest BCUT2D eigenvalue weighted by molar-refractivity contribution is 5.55. The summed E-state index contributed by atoms with van der Waals surface area (Å²) in [7, 11) is 0. The Morgan fingerprint density at radius 1 is 1.71 bits per heavy atom. The van der Waals surface area contributed by atoms with E-state index in [4.69, 9.17) is 4.42 Å². The van der Waals surface area contributed by atoms with Gasteiger partial charge in [0, 0.05) is 16.4 Å². The van der Waals surface area contributed by atoms with Crippen LogP contribution in [-0.2, 0) is 4.79 Å². The van der Waals surface area contributed by atoms with Crippen LogP contribution in [0.15, 0.2) is 23.0 Å². The molecule has 14 heavy (non-hydrogen) atoms. The zero-order chi connectivity index (χ0) is 10.6. The second kappa shape index (κ2) is 4.55. The van der Waals surface area contributed by atoms with Gasteiger partial charge in [0.05, 0.1) is 18.4 Å². The molecule has 0 saturated carbocycles. The highest BCUT2D eigenvalue weighted by Gasteiger charge is 2.24. The van der Waals surface area contributed by atoms with Crippen molar-refractivity contribution < 1.29 is 14.1 Å². The number of nitrogens with zero attached hydrogens (tertiary/aromatic N) is 1. The maximum Gasteiger partial charge on any atom is 0.211 e. The molecule has 5 heteroatoms. The van der Waals surface area contributed by atoms with Crippen molar-refractivity contribution in [1.29, 1.82) is 0 Å². The Kier molecular flexibility index (Phi) is 3.39. The third-order valence-electron chi connectivity index (χ3n) is 2.17. The summed E-state index contributed by atoms with van der Waals surface area (Å²) in [6, 6.07) is 1.65. The Hall–Kier alpha value is -1.65. The van der Waals surface area contributed by atoms with Gasteiger partial charge in [-0.05, 0) is 6.07 Å². The average Bonchev–Trinajstić information content (AvgIpc) is 2.65. The number of rotatable bonds is 5. The van der Waals surface area contributed by atoms with Gasteiger partial charge in [-0.25, -0.2) is 0 Å². The van der Waals surface area contributed by atoms with Gasteiger partial charge in [0.15, 0.2) is 0 Å². The van der Waals surface area contributed by atoms with Crippen molar-refractivity contribution in [1.82, 2.24) is 0 Å². The first kappa shape index (κ1) is 10.4. The fourth-order valence-electron chi connectivity index (χ4n) is 1.32. The molecule has 0 amide bonds. The number of carbonyl (C=O) groups excluding carboxylic acids is 1. The fourth-order valence-corrected chi connectivity index (χ4v) is 1.32. The first-order valence-corrected chi connectivity index (χ1v) is 4.24. The van der Waals surface area contributed by atoms with Gasteiger partial charge in [0.1, 0.15) is 6.29 Å². The monoisotopic (exact) mass is 197 g/mol. The number of carbonyl (C=O) groups is 1. The zero-order valence-corrected chi connectivity index (χ0v) is 7.75. The minimum absolute atomic E-state index is 0.251. The summed E-state index contributed by atoms with van der Waals surface area (Å²) in [5, 5.41) is 10.4. The van der Waals surface area contributed by atoms with E-state index in [9.17, 15) is 14.9 Å². The third-order valence-corrected chi connectivity index (χ3v) is 2.17. The molecule has 1 heterocycles. The Bertz CT molecular complexity index is 307. The second-order valence-corrected chi connectivity index (χ2v) is 3.17. The van der Waals surface area contributed by atoms with Gasteiger partial charge < -0.3 is 9.21 Å². The van der Waals surface area contributed by atoms with Crippen molar-refractivity contribution in [3.05, 3.63) is 34.3 Å².